The Bertz CT molecular complexity index is 465. The maximum atomic E-state index is 13.3. The van der Waals surface area contributed by atoms with Crippen molar-refractivity contribution in [2.75, 3.05) is 12.3 Å². The van der Waals surface area contributed by atoms with Crippen LogP contribution in [0.5, 0.6) is 0 Å². The summed E-state index contributed by atoms with van der Waals surface area (Å²) in [5.74, 6) is 0.655. The highest BCUT2D eigenvalue weighted by Crippen LogP contribution is 2.36. The molecule has 104 valence electrons. The molecule has 0 aromatic heterocycles. The van der Waals surface area contributed by atoms with Crippen LogP contribution in [0.15, 0.2) is 23.1 Å². The van der Waals surface area contributed by atoms with Gasteiger partial charge in [-0.05, 0) is 30.2 Å². The number of rotatable bonds is 4. The Morgan fingerprint density at radius 3 is 3.05 bits per heavy atom. The van der Waals surface area contributed by atoms with Gasteiger partial charge in [0.2, 0.25) is 5.91 Å². The molecule has 0 bridgehead atoms. The summed E-state index contributed by atoms with van der Waals surface area (Å²) in [4.78, 5) is 12.9. The summed E-state index contributed by atoms with van der Waals surface area (Å²) in [6.45, 7) is 4.29. The molecule has 1 atom stereocenters. The number of thioether (sulfide) groups is 1. The van der Waals surface area contributed by atoms with Gasteiger partial charge in [0, 0.05) is 16.7 Å². The molecule has 0 saturated carbocycles. The SMILES string of the molecule is CC(C)NCC(=O)NC1CCSc2ccc(F)cc21. The van der Waals surface area contributed by atoms with E-state index >= 15 is 0 Å². The second kappa shape index (κ2) is 6.39. The number of carbonyl (C=O) groups is 1. The number of halogens is 1. The Morgan fingerprint density at radius 1 is 1.53 bits per heavy atom. The fourth-order valence-electron chi connectivity index (χ4n) is 2.06. The van der Waals surface area contributed by atoms with Crippen LogP contribution in [-0.2, 0) is 4.79 Å². The summed E-state index contributed by atoms with van der Waals surface area (Å²) < 4.78 is 13.3. The number of carbonyl (C=O) groups excluding carboxylic acids is 1. The van der Waals surface area contributed by atoms with Crippen molar-refractivity contribution in [1.29, 1.82) is 0 Å². The van der Waals surface area contributed by atoms with Crippen molar-refractivity contribution in [3.05, 3.63) is 29.6 Å². The number of benzene rings is 1. The fourth-order valence-corrected chi connectivity index (χ4v) is 3.16. The van der Waals surface area contributed by atoms with Crippen LogP contribution in [0.4, 0.5) is 4.39 Å². The number of nitrogens with one attached hydrogen (secondary N) is 2. The number of fused-ring (bicyclic) bond motifs is 1. The van der Waals surface area contributed by atoms with Crippen LogP contribution >= 0.6 is 11.8 Å². The zero-order valence-electron chi connectivity index (χ0n) is 11.2. The zero-order chi connectivity index (χ0) is 13.8. The molecular formula is C14H19FN2OS. The second-order valence-corrected chi connectivity index (χ2v) is 6.11. The summed E-state index contributed by atoms with van der Waals surface area (Å²) in [7, 11) is 0. The average molecular weight is 282 g/mol. The van der Waals surface area contributed by atoms with Gasteiger partial charge < -0.3 is 10.6 Å². The molecule has 1 aromatic carbocycles. The van der Waals surface area contributed by atoms with Gasteiger partial charge in [-0.2, -0.15) is 0 Å². The Morgan fingerprint density at radius 2 is 2.32 bits per heavy atom. The van der Waals surface area contributed by atoms with Gasteiger partial charge in [-0.15, -0.1) is 11.8 Å². The molecular weight excluding hydrogens is 263 g/mol. The lowest BCUT2D eigenvalue weighted by Gasteiger charge is -2.26. The molecule has 0 fully saturated rings. The fraction of sp³-hybridized carbons (Fsp3) is 0.500. The summed E-state index contributed by atoms with van der Waals surface area (Å²) in [5, 5.41) is 6.06. The first-order valence-electron chi connectivity index (χ1n) is 6.51. The molecule has 1 aliphatic heterocycles. The van der Waals surface area contributed by atoms with Crippen molar-refractivity contribution in [3.8, 4) is 0 Å². The van der Waals surface area contributed by atoms with Crippen molar-refractivity contribution in [2.45, 2.75) is 37.2 Å². The molecule has 1 amide bonds. The van der Waals surface area contributed by atoms with Crippen LogP contribution in [0.25, 0.3) is 0 Å². The molecule has 2 rings (SSSR count). The van der Waals surface area contributed by atoms with E-state index < -0.39 is 0 Å². The standard InChI is InChI=1S/C14H19FN2OS/c1-9(2)16-8-14(18)17-12-5-6-19-13-4-3-10(15)7-11(12)13/h3-4,7,9,12,16H,5-6,8H2,1-2H3,(H,17,18). The molecule has 0 spiro atoms. The van der Waals surface area contributed by atoms with Gasteiger partial charge in [0.1, 0.15) is 5.82 Å². The van der Waals surface area contributed by atoms with E-state index in [9.17, 15) is 9.18 Å². The van der Waals surface area contributed by atoms with Crippen LogP contribution in [0, 0.1) is 5.82 Å². The minimum atomic E-state index is -0.249. The van der Waals surface area contributed by atoms with Gasteiger partial charge in [-0.1, -0.05) is 13.8 Å². The number of hydrogen-bond acceptors (Lipinski definition) is 3. The highest BCUT2D eigenvalue weighted by Gasteiger charge is 2.22. The lowest BCUT2D eigenvalue weighted by molar-refractivity contribution is -0.121. The van der Waals surface area contributed by atoms with E-state index in [2.05, 4.69) is 10.6 Å². The second-order valence-electron chi connectivity index (χ2n) is 4.97. The van der Waals surface area contributed by atoms with Crippen molar-refractivity contribution >= 4 is 17.7 Å². The van der Waals surface area contributed by atoms with Gasteiger partial charge in [0.05, 0.1) is 12.6 Å². The molecule has 1 aliphatic rings. The lowest BCUT2D eigenvalue weighted by atomic mass is 10.0. The van der Waals surface area contributed by atoms with Crippen molar-refractivity contribution in [3.63, 3.8) is 0 Å². The minimum Gasteiger partial charge on any atom is -0.348 e. The third-order valence-electron chi connectivity index (χ3n) is 3.02. The first-order valence-corrected chi connectivity index (χ1v) is 7.50. The average Bonchev–Trinajstić information content (AvgIpc) is 2.37. The molecule has 19 heavy (non-hydrogen) atoms. The largest absolute Gasteiger partial charge is 0.348 e. The van der Waals surface area contributed by atoms with Crippen LogP contribution in [0.1, 0.15) is 31.9 Å². The van der Waals surface area contributed by atoms with E-state index in [0.29, 0.717) is 6.54 Å². The molecule has 1 aromatic rings. The zero-order valence-corrected chi connectivity index (χ0v) is 12.0. The first-order chi connectivity index (χ1) is 9.06. The molecule has 0 aliphatic carbocycles. The van der Waals surface area contributed by atoms with Crippen LogP contribution in [-0.4, -0.2) is 24.2 Å². The van der Waals surface area contributed by atoms with E-state index in [-0.39, 0.29) is 23.8 Å². The normalized spacial score (nSPS) is 18.2. The van der Waals surface area contributed by atoms with Gasteiger partial charge in [-0.25, -0.2) is 4.39 Å². The van der Waals surface area contributed by atoms with Crippen LogP contribution < -0.4 is 10.6 Å². The number of amides is 1. The first kappa shape index (κ1) is 14.3. The molecule has 0 saturated heterocycles. The summed E-state index contributed by atoms with van der Waals surface area (Å²) >= 11 is 1.71. The Kier molecular flexibility index (Phi) is 4.82. The van der Waals surface area contributed by atoms with E-state index in [0.717, 1.165) is 22.6 Å². The highest BCUT2D eigenvalue weighted by atomic mass is 32.2. The number of hydrogen-bond donors (Lipinski definition) is 2. The maximum Gasteiger partial charge on any atom is 0.234 e. The van der Waals surface area contributed by atoms with Gasteiger partial charge in [-0.3, -0.25) is 4.79 Å². The smallest absolute Gasteiger partial charge is 0.234 e. The molecule has 1 heterocycles. The van der Waals surface area contributed by atoms with Crippen molar-refractivity contribution in [2.24, 2.45) is 0 Å². The Labute approximate surface area is 117 Å². The predicted molar refractivity (Wildman–Crippen MR) is 75.8 cm³/mol. The molecule has 0 radical (unpaired) electrons. The molecule has 5 heteroatoms. The summed E-state index contributed by atoms with van der Waals surface area (Å²) in [6.07, 6.45) is 0.842. The highest BCUT2D eigenvalue weighted by molar-refractivity contribution is 7.99. The van der Waals surface area contributed by atoms with Crippen LogP contribution in [0.2, 0.25) is 0 Å². The summed E-state index contributed by atoms with van der Waals surface area (Å²) in [5.41, 5.74) is 0.897. The van der Waals surface area contributed by atoms with Gasteiger partial charge in [0.25, 0.3) is 0 Å². The Hall–Kier alpha value is -1.07. The van der Waals surface area contributed by atoms with Gasteiger partial charge in [0.15, 0.2) is 0 Å². The van der Waals surface area contributed by atoms with Crippen molar-refractivity contribution in [1.82, 2.24) is 10.6 Å². The third-order valence-corrected chi connectivity index (χ3v) is 4.14. The molecule has 3 nitrogen and oxygen atoms in total. The molecule has 2 N–H and O–H groups in total. The predicted octanol–water partition coefficient (Wildman–Crippen LogP) is 2.48. The maximum absolute atomic E-state index is 13.3. The van der Waals surface area contributed by atoms with Crippen LogP contribution in [0.3, 0.4) is 0 Å². The minimum absolute atomic E-state index is 0.0409. The van der Waals surface area contributed by atoms with E-state index in [1.807, 2.05) is 13.8 Å². The third kappa shape index (κ3) is 3.94. The summed E-state index contributed by atoms with van der Waals surface area (Å²) in [6, 6.07) is 4.99. The Balaban J connectivity index is 2.03. The monoisotopic (exact) mass is 282 g/mol. The topological polar surface area (TPSA) is 41.1 Å². The lowest BCUT2D eigenvalue weighted by Crippen LogP contribution is -2.39. The van der Waals surface area contributed by atoms with Gasteiger partial charge >= 0.3 is 0 Å². The molecule has 1 unspecified atom stereocenters. The quantitative estimate of drug-likeness (QED) is 0.891. The van der Waals surface area contributed by atoms with E-state index in [1.165, 1.54) is 12.1 Å². The van der Waals surface area contributed by atoms with Crippen molar-refractivity contribution < 1.29 is 9.18 Å². The van der Waals surface area contributed by atoms with E-state index in [1.54, 1.807) is 17.8 Å². The van der Waals surface area contributed by atoms with E-state index in [4.69, 9.17) is 0 Å².